The first-order valence-electron chi connectivity index (χ1n) is 10.4. The summed E-state index contributed by atoms with van der Waals surface area (Å²) in [6, 6.07) is 11.0. The highest BCUT2D eigenvalue weighted by Crippen LogP contribution is 2.44. The van der Waals surface area contributed by atoms with Crippen molar-refractivity contribution in [3.05, 3.63) is 69.8 Å². The molecule has 34 heavy (non-hydrogen) atoms. The number of anilines is 1. The smallest absolute Gasteiger partial charge is 0.338 e. The van der Waals surface area contributed by atoms with Crippen LogP contribution in [0.3, 0.4) is 0 Å². The molecule has 0 N–H and O–H groups in total. The molecule has 4 rings (SSSR count). The molecule has 1 heterocycles. The van der Waals surface area contributed by atoms with Crippen LogP contribution in [-0.2, 0) is 14.3 Å². The number of nitro benzene ring substituents is 1. The molecule has 11 heteroatoms. The topological polar surface area (TPSA) is 124 Å². The number of amides is 2. The van der Waals surface area contributed by atoms with Gasteiger partial charge in [-0.15, -0.1) is 0 Å². The second-order valence-electron chi connectivity index (χ2n) is 8.08. The lowest BCUT2D eigenvalue weighted by molar-refractivity contribution is -0.384. The highest BCUT2D eigenvalue weighted by molar-refractivity contribution is 9.12. The molecular weight excluding hydrogens is 576 g/mol. The fraction of sp³-hybridized carbons (Fsp3) is 0.304. The van der Waals surface area contributed by atoms with Crippen molar-refractivity contribution >= 4 is 66.8 Å². The summed E-state index contributed by atoms with van der Waals surface area (Å²) in [5.74, 6) is -2.62. The van der Waals surface area contributed by atoms with E-state index in [1.165, 1.54) is 47.4 Å². The van der Waals surface area contributed by atoms with Gasteiger partial charge in [0.1, 0.15) is 0 Å². The van der Waals surface area contributed by atoms with Crippen LogP contribution in [0.5, 0.6) is 0 Å². The molecule has 1 saturated heterocycles. The molecule has 2 aromatic rings. The molecule has 1 aliphatic carbocycles. The number of hydrogen-bond donors (Lipinski definition) is 0. The number of alkyl halides is 2. The van der Waals surface area contributed by atoms with E-state index in [1.807, 2.05) is 0 Å². The van der Waals surface area contributed by atoms with Gasteiger partial charge in [0.25, 0.3) is 5.69 Å². The highest BCUT2D eigenvalue weighted by Gasteiger charge is 2.52. The maximum atomic E-state index is 12.9. The van der Waals surface area contributed by atoms with Gasteiger partial charge in [-0.1, -0.05) is 44.0 Å². The fourth-order valence-electron chi connectivity index (χ4n) is 4.19. The number of carbonyl (C=O) groups is 4. The number of nitrogens with zero attached hydrogens (tertiary/aromatic N) is 2. The molecule has 2 amide bonds. The van der Waals surface area contributed by atoms with E-state index in [0.29, 0.717) is 18.5 Å². The minimum atomic E-state index is -0.776. The number of nitro groups is 1. The maximum Gasteiger partial charge on any atom is 0.338 e. The lowest BCUT2D eigenvalue weighted by Gasteiger charge is -2.29. The van der Waals surface area contributed by atoms with E-state index in [4.69, 9.17) is 4.74 Å². The molecular formula is C23H18Br2N2O7. The number of halogens is 2. The Hall–Kier alpha value is -2.92. The van der Waals surface area contributed by atoms with Gasteiger partial charge in [0.15, 0.2) is 6.61 Å². The summed E-state index contributed by atoms with van der Waals surface area (Å²) >= 11 is 7.11. The van der Waals surface area contributed by atoms with Gasteiger partial charge in [0.2, 0.25) is 17.6 Å². The predicted molar refractivity (Wildman–Crippen MR) is 128 cm³/mol. The first kappa shape index (κ1) is 24.2. The van der Waals surface area contributed by atoms with Gasteiger partial charge in [-0.3, -0.25) is 29.4 Å². The zero-order chi connectivity index (χ0) is 24.6. The minimum absolute atomic E-state index is 0.0568. The van der Waals surface area contributed by atoms with Crippen molar-refractivity contribution < 1.29 is 28.8 Å². The summed E-state index contributed by atoms with van der Waals surface area (Å²) < 4.78 is 5.04. The molecule has 176 valence electrons. The van der Waals surface area contributed by atoms with E-state index in [-0.39, 0.29) is 50.1 Å². The number of imide groups is 1. The monoisotopic (exact) mass is 592 g/mol. The van der Waals surface area contributed by atoms with Crippen molar-refractivity contribution in [1.82, 2.24) is 0 Å². The van der Waals surface area contributed by atoms with Crippen LogP contribution in [0.15, 0.2) is 48.5 Å². The number of non-ortho nitro benzene ring substituents is 1. The molecule has 1 saturated carbocycles. The summed E-state index contributed by atoms with van der Waals surface area (Å²) in [5.41, 5.74) is 0.317. The number of hydrogen-bond acceptors (Lipinski definition) is 7. The molecule has 2 aromatic carbocycles. The SMILES string of the molecule is O=C(COC(=O)c1ccc(N2C(=O)[C@H]3C[C@@H](Br)[C@H](Br)C[C@@H]3C2=O)cc1)c1cccc([N+](=O)[O-])c1. The summed E-state index contributed by atoms with van der Waals surface area (Å²) in [4.78, 5) is 62.0. The first-order valence-corrected chi connectivity index (χ1v) is 12.2. The summed E-state index contributed by atoms with van der Waals surface area (Å²) in [6.45, 7) is -0.588. The second-order valence-corrected chi connectivity index (χ2v) is 10.4. The van der Waals surface area contributed by atoms with Crippen molar-refractivity contribution in [3.63, 3.8) is 0 Å². The van der Waals surface area contributed by atoms with E-state index in [9.17, 15) is 29.3 Å². The third-order valence-electron chi connectivity index (χ3n) is 5.99. The normalized spacial score (nSPS) is 24.0. The third kappa shape index (κ3) is 4.67. The van der Waals surface area contributed by atoms with Gasteiger partial charge in [-0.25, -0.2) is 4.79 Å². The average molecular weight is 594 g/mol. The zero-order valence-electron chi connectivity index (χ0n) is 17.6. The maximum absolute atomic E-state index is 12.9. The van der Waals surface area contributed by atoms with Crippen molar-refractivity contribution in [2.75, 3.05) is 11.5 Å². The number of benzene rings is 2. The fourth-order valence-corrected chi connectivity index (χ4v) is 5.42. The quantitative estimate of drug-likeness (QED) is 0.123. The van der Waals surface area contributed by atoms with Crippen LogP contribution in [0.2, 0.25) is 0 Å². The third-order valence-corrected chi connectivity index (χ3v) is 8.72. The van der Waals surface area contributed by atoms with Gasteiger partial charge in [0, 0.05) is 27.4 Å². The van der Waals surface area contributed by atoms with Gasteiger partial charge < -0.3 is 4.74 Å². The van der Waals surface area contributed by atoms with Gasteiger partial charge in [0.05, 0.1) is 28.0 Å². The van der Waals surface area contributed by atoms with Gasteiger partial charge >= 0.3 is 5.97 Å². The Labute approximate surface area is 210 Å². The lowest BCUT2D eigenvalue weighted by Crippen LogP contribution is -2.34. The molecule has 2 aliphatic rings. The van der Waals surface area contributed by atoms with Crippen molar-refractivity contribution in [3.8, 4) is 0 Å². The Morgan fingerprint density at radius 1 is 0.971 bits per heavy atom. The van der Waals surface area contributed by atoms with Crippen LogP contribution in [0.4, 0.5) is 11.4 Å². The molecule has 0 aromatic heterocycles. The second kappa shape index (κ2) is 9.75. The van der Waals surface area contributed by atoms with Crippen LogP contribution in [0.1, 0.15) is 33.6 Å². The number of fused-ring (bicyclic) bond motifs is 1. The molecule has 0 radical (unpaired) electrons. The Balaban J connectivity index is 1.41. The van der Waals surface area contributed by atoms with Crippen LogP contribution >= 0.6 is 31.9 Å². The van der Waals surface area contributed by atoms with E-state index in [0.717, 1.165) is 6.07 Å². The number of ether oxygens (including phenoxy) is 1. The van der Waals surface area contributed by atoms with Gasteiger partial charge in [-0.2, -0.15) is 0 Å². The largest absolute Gasteiger partial charge is 0.454 e. The Morgan fingerprint density at radius 3 is 2.12 bits per heavy atom. The molecule has 0 bridgehead atoms. The lowest BCUT2D eigenvalue weighted by atomic mass is 9.81. The number of rotatable bonds is 6. The average Bonchev–Trinajstić information content (AvgIpc) is 3.06. The van der Waals surface area contributed by atoms with E-state index >= 15 is 0 Å². The van der Waals surface area contributed by atoms with Crippen LogP contribution in [-0.4, -0.2) is 44.8 Å². The van der Waals surface area contributed by atoms with Crippen molar-refractivity contribution in [1.29, 1.82) is 0 Å². The van der Waals surface area contributed by atoms with Gasteiger partial charge in [-0.05, 0) is 37.1 Å². The highest BCUT2D eigenvalue weighted by atomic mass is 79.9. The van der Waals surface area contributed by atoms with Crippen molar-refractivity contribution in [2.45, 2.75) is 22.5 Å². The number of carbonyl (C=O) groups excluding carboxylic acids is 4. The van der Waals surface area contributed by atoms with Crippen LogP contribution < -0.4 is 4.90 Å². The molecule has 2 fully saturated rings. The standard InChI is InChI=1S/C23H18Br2N2O7/c24-18-9-16-17(10-19(18)25)22(30)26(21(16)29)14-6-4-12(5-7-14)23(31)34-11-20(28)13-2-1-3-15(8-13)27(32)33/h1-8,16-19H,9-11H2/t16-,17-,18+,19+/m0/s1. The minimum Gasteiger partial charge on any atom is -0.454 e. The molecule has 0 spiro atoms. The molecule has 1 aliphatic heterocycles. The summed E-state index contributed by atoms with van der Waals surface area (Å²) in [7, 11) is 0. The van der Waals surface area contributed by atoms with E-state index in [2.05, 4.69) is 31.9 Å². The van der Waals surface area contributed by atoms with Crippen LogP contribution in [0, 0.1) is 22.0 Å². The zero-order valence-corrected chi connectivity index (χ0v) is 20.7. The van der Waals surface area contributed by atoms with Crippen molar-refractivity contribution in [2.24, 2.45) is 11.8 Å². The Bertz CT molecular complexity index is 1160. The van der Waals surface area contributed by atoms with E-state index in [1.54, 1.807) is 0 Å². The predicted octanol–water partition coefficient (Wildman–Crippen LogP) is 4.06. The van der Waals surface area contributed by atoms with Crippen LogP contribution in [0.25, 0.3) is 0 Å². The first-order chi connectivity index (χ1) is 16.2. The Morgan fingerprint density at radius 2 is 1.56 bits per heavy atom. The summed E-state index contributed by atoms with van der Waals surface area (Å²) in [5, 5.41) is 10.9. The molecule has 0 unspecified atom stereocenters. The number of ketones is 1. The van der Waals surface area contributed by atoms with E-state index < -0.39 is 23.3 Å². The number of Topliss-reactive ketones (excluding diaryl/α,β-unsaturated/α-hetero) is 1. The molecule has 9 nitrogen and oxygen atoms in total. The number of esters is 1. The summed E-state index contributed by atoms with van der Waals surface area (Å²) in [6.07, 6.45) is 1.12. The molecule has 4 atom stereocenters. The Kier molecular flexibility index (Phi) is 6.94.